The number of para-hydroxylation sites is 1. The first kappa shape index (κ1) is 11.9. The second kappa shape index (κ2) is 3.91. The molecule has 0 aromatic heterocycles. The molecule has 1 atom stereocenters. The zero-order valence-electron chi connectivity index (χ0n) is 12.1. The Morgan fingerprint density at radius 2 is 2.05 bits per heavy atom. The number of rotatable bonds is 0. The smallest absolute Gasteiger partial charge is 0.153 e. The van der Waals surface area contributed by atoms with E-state index in [4.69, 9.17) is 9.47 Å². The minimum absolute atomic E-state index is 0.275. The van der Waals surface area contributed by atoms with Crippen LogP contribution in [0.4, 0.5) is 11.4 Å². The van der Waals surface area contributed by atoms with Crippen LogP contribution in [-0.4, -0.2) is 19.9 Å². The number of aliphatic imine (C=N–C) groups is 1. The lowest BCUT2D eigenvalue weighted by atomic mass is 9.78. The molecule has 0 bridgehead atoms. The molecule has 3 heterocycles. The van der Waals surface area contributed by atoms with Gasteiger partial charge in [-0.15, -0.1) is 0 Å². The van der Waals surface area contributed by atoms with Gasteiger partial charge in [0.25, 0.3) is 0 Å². The average Bonchev–Trinajstić information content (AvgIpc) is 3.10. The Kier molecular flexibility index (Phi) is 2.11. The lowest BCUT2D eigenvalue weighted by molar-refractivity contribution is 0.327. The first-order valence-electron chi connectivity index (χ1n) is 7.30. The summed E-state index contributed by atoms with van der Waals surface area (Å²) in [4.78, 5) is 6.66. The minimum atomic E-state index is -0.275. The quantitative estimate of drug-likeness (QED) is 0.746. The third-order valence-corrected chi connectivity index (χ3v) is 4.67. The number of hydrogen-bond acceptors (Lipinski definition) is 4. The molecule has 108 valence electrons. The van der Waals surface area contributed by atoms with Gasteiger partial charge in [-0.3, -0.25) is 4.99 Å². The molecule has 4 heteroatoms. The normalized spacial score (nSPS) is 23.0. The topological polar surface area (TPSA) is 34.1 Å². The van der Waals surface area contributed by atoms with E-state index in [2.05, 4.69) is 34.2 Å². The second-order valence-electron chi connectivity index (χ2n) is 5.87. The van der Waals surface area contributed by atoms with Crippen LogP contribution in [0.15, 0.2) is 53.9 Å². The van der Waals surface area contributed by atoms with Gasteiger partial charge in [-0.25, -0.2) is 0 Å². The Morgan fingerprint density at radius 1 is 1.14 bits per heavy atom. The van der Waals surface area contributed by atoms with Crippen LogP contribution in [0.1, 0.15) is 11.1 Å². The molecule has 0 fully saturated rings. The van der Waals surface area contributed by atoms with Crippen molar-refractivity contribution in [1.82, 2.24) is 0 Å². The largest absolute Gasteiger partial charge is 0.491 e. The molecule has 3 aliphatic rings. The van der Waals surface area contributed by atoms with E-state index < -0.39 is 0 Å². The van der Waals surface area contributed by atoms with Gasteiger partial charge in [0.2, 0.25) is 0 Å². The molecule has 0 saturated heterocycles. The van der Waals surface area contributed by atoms with Crippen molar-refractivity contribution >= 4 is 17.6 Å². The van der Waals surface area contributed by atoms with Crippen LogP contribution < -0.4 is 14.4 Å². The molecule has 1 spiro atoms. The number of hydrogen-bond donors (Lipinski definition) is 0. The molecule has 0 saturated carbocycles. The van der Waals surface area contributed by atoms with Gasteiger partial charge in [0.05, 0.1) is 16.8 Å². The number of benzene rings is 2. The summed E-state index contributed by atoms with van der Waals surface area (Å²) >= 11 is 0. The molecule has 0 aliphatic carbocycles. The predicted octanol–water partition coefficient (Wildman–Crippen LogP) is 3.38. The Labute approximate surface area is 128 Å². The molecule has 3 aliphatic heterocycles. The van der Waals surface area contributed by atoms with Crippen LogP contribution in [0, 0.1) is 0 Å². The molecule has 2 aromatic rings. The molecular formula is C18H14N2O2. The van der Waals surface area contributed by atoms with E-state index in [0.29, 0.717) is 6.61 Å². The Hall–Kier alpha value is -2.75. The van der Waals surface area contributed by atoms with Crippen molar-refractivity contribution in [2.45, 2.75) is 5.41 Å². The van der Waals surface area contributed by atoms with Crippen LogP contribution in [0.25, 0.3) is 0 Å². The highest BCUT2D eigenvalue weighted by Gasteiger charge is 2.46. The maximum Gasteiger partial charge on any atom is 0.153 e. The van der Waals surface area contributed by atoms with Crippen molar-refractivity contribution < 1.29 is 9.47 Å². The fraction of sp³-hybridized carbons (Fsp3) is 0.167. The molecular weight excluding hydrogens is 276 g/mol. The van der Waals surface area contributed by atoms with E-state index in [0.717, 1.165) is 28.4 Å². The van der Waals surface area contributed by atoms with Crippen molar-refractivity contribution in [3.05, 3.63) is 60.0 Å². The van der Waals surface area contributed by atoms with E-state index in [9.17, 15) is 0 Å². The Balaban J connectivity index is 1.74. The van der Waals surface area contributed by atoms with Gasteiger partial charge in [0, 0.05) is 31.1 Å². The standard InChI is InChI=1S/C18H14N2O2/c1-20-6-7-21-17-9-16-13(8-15(17)20)18(11-22-16)10-19-14-5-3-2-4-12(14)18/h2-10H,11H2,1H3. The Bertz CT molecular complexity index is 856. The summed E-state index contributed by atoms with van der Waals surface area (Å²) in [6, 6.07) is 12.4. The third-order valence-electron chi connectivity index (χ3n) is 4.67. The van der Waals surface area contributed by atoms with E-state index in [1.165, 1.54) is 5.56 Å². The first-order valence-corrected chi connectivity index (χ1v) is 7.30. The van der Waals surface area contributed by atoms with E-state index >= 15 is 0 Å². The van der Waals surface area contributed by atoms with Gasteiger partial charge in [-0.05, 0) is 17.7 Å². The van der Waals surface area contributed by atoms with Crippen LogP contribution >= 0.6 is 0 Å². The highest BCUT2D eigenvalue weighted by atomic mass is 16.5. The molecule has 5 rings (SSSR count). The van der Waals surface area contributed by atoms with Gasteiger partial charge >= 0.3 is 0 Å². The lowest BCUT2D eigenvalue weighted by Crippen LogP contribution is -2.29. The number of fused-ring (bicyclic) bond motifs is 5. The van der Waals surface area contributed by atoms with E-state index in [1.54, 1.807) is 6.26 Å². The molecule has 4 nitrogen and oxygen atoms in total. The van der Waals surface area contributed by atoms with E-state index in [1.807, 2.05) is 31.6 Å². The SMILES string of the molecule is CN1C=COc2cc3c(cc21)C1(C=Nc2ccccc21)CO3. The lowest BCUT2D eigenvalue weighted by Gasteiger charge is -2.25. The fourth-order valence-corrected chi connectivity index (χ4v) is 3.47. The number of anilines is 1. The summed E-state index contributed by atoms with van der Waals surface area (Å²) in [5.74, 6) is 1.70. The van der Waals surface area contributed by atoms with Crippen LogP contribution in [0.2, 0.25) is 0 Å². The Morgan fingerprint density at radius 3 is 3.00 bits per heavy atom. The van der Waals surface area contributed by atoms with Gasteiger partial charge in [0.15, 0.2) is 5.75 Å². The monoisotopic (exact) mass is 290 g/mol. The first-order chi connectivity index (χ1) is 10.8. The maximum atomic E-state index is 5.98. The molecule has 0 radical (unpaired) electrons. The molecule has 22 heavy (non-hydrogen) atoms. The van der Waals surface area contributed by atoms with Crippen molar-refractivity contribution in [3.8, 4) is 11.5 Å². The molecule has 0 amide bonds. The summed E-state index contributed by atoms with van der Waals surface area (Å²) in [6.45, 7) is 0.586. The fourth-order valence-electron chi connectivity index (χ4n) is 3.47. The van der Waals surface area contributed by atoms with Crippen molar-refractivity contribution in [3.63, 3.8) is 0 Å². The minimum Gasteiger partial charge on any atom is -0.491 e. The maximum absolute atomic E-state index is 5.98. The van der Waals surface area contributed by atoms with Crippen LogP contribution in [-0.2, 0) is 5.41 Å². The van der Waals surface area contributed by atoms with Gasteiger partial charge in [-0.1, -0.05) is 18.2 Å². The second-order valence-corrected chi connectivity index (χ2v) is 5.87. The predicted molar refractivity (Wildman–Crippen MR) is 85.5 cm³/mol. The zero-order valence-corrected chi connectivity index (χ0v) is 12.1. The molecule has 1 unspecified atom stereocenters. The van der Waals surface area contributed by atoms with Crippen molar-refractivity contribution in [2.24, 2.45) is 4.99 Å². The number of nitrogens with zero attached hydrogens (tertiary/aromatic N) is 2. The summed E-state index contributed by atoms with van der Waals surface area (Å²) in [5.41, 5.74) is 4.17. The number of ether oxygens (including phenoxy) is 2. The summed E-state index contributed by atoms with van der Waals surface area (Å²) in [7, 11) is 2.02. The third kappa shape index (κ3) is 1.34. The average molecular weight is 290 g/mol. The summed E-state index contributed by atoms with van der Waals surface area (Å²) in [5, 5.41) is 0. The van der Waals surface area contributed by atoms with Crippen molar-refractivity contribution in [1.29, 1.82) is 0 Å². The van der Waals surface area contributed by atoms with Crippen LogP contribution in [0.3, 0.4) is 0 Å². The zero-order chi connectivity index (χ0) is 14.7. The summed E-state index contributed by atoms with van der Waals surface area (Å²) in [6.07, 6.45) is 5.62. The van der Waals surface area contributed by atoms with Gasteiger partial charge in [0.1, 0.15) is 18.6 Å². The van der Waals surface area contributed by atoms with Gasteiger partial charge in [-0.2, -0.15) is 0 Å². The molecule has 0 N–H and O–H groups in total. The summed E-state index contributed by atoms with van der Waals surface area (Å²) < 4.78 is 11.6. The highest BCUT2D eigenvalue weighted by Crippen LogP contribution is 2.51. The molecule has 2 aromatic carbocycles. The van der Waals surface area contributed by atoms with Gasteiger partial charge < -0.3 is 14.4 Å². The highest BCUT2D eigenvalue weighted by molar-refractivity contribution is 5.92. The van der Waals surface area contributed by atoms with Crippen molar-refractivity contribution in [2.75, 3.05) is 18.6 Å². The van der Waals surface area contributed by atoms with E-state index in [-0.39, 0.29) is 5.41 Å². The van der Waals surface area contributed by atoms with Crippen LogP contribution in [0.5, 0.6) is 11.5 Å².